The summed E-state index contributed by atoms with van der Waals surface area (Å²) in [5.74, 6) is -0.755. The lowest BCUT2D eigenvalue weighted by Crippen LogP contribution is -2.61. The van der Waals surface area contributed by atoms with Crippen molar-refractivity contribution in [1.29, 1.82) is 0 Å². The van der Waals surface area contributed by atoms with Gasteiger partial charge in [-0.15, -0.1) is 0 Å². The molecule has 1 saturated carbocycles. The first kappa shape index (κ1) is 16.6. The van der Waals surface area contributed by atoms with Crippen molar-refractivity contribution in [3.8, 4) is 0 Å². The van der Waals surface area contributed by atoms with Gasteiger partial charge in [-0.2, -0.15) is 0 Å². The number of hydrogen-bond donors (Lipinski definition) is 6. The number of fused-ring (bicyclic) bond motifs is 3. The summed E-state index contributed by atoms with van der Waals surface area (Å²) in [5, 5.41) is 59.5. The monoisotopic (exact) mass is 348 g/mol. The molecule has 0 aromatic heterocycles. The van der Waals surface area contributed by atoms with E-state index < -0.39 is 73.4 Å². The van der Waals surface area contributed by atoms with Crippen molar-refractivity contribution in [3.63, 3.8) is 0 Å². The number of epoxide rings is 1. The Labute approximate surface area is 136 Å². The van der Waals surface area contributed by atoms with E-state index in [0.717, 1.165) is 0 Å². The van der Waals surface area contributed by atoms with Gasteiger partial charge in [-0.25, -0.2) is 0 Å². The fraction of sp³-hybridized carbons (Fsp3) is 0.857. The van der Waals surface area contributed by atoms with Crippen LogP contribution in [0.2, 0.25) is 0 Å². The molecule has 3 fully saturated rings. The Morgan fingerprint density at radius 1 is 0.958 bits per heavy atom. The fourth-order valence-corrected chi connectivity index (χ4v) is 3.72. The third-order valence-corrected chi connectivity index (χ3v) is 5.19. The molecule has 0 radical (unpaired) electrons. The lowest BCUT2D eigenvalue weighted by molar-refractivity contribution is -0.347. The van der Waals surface area contributed by atoms with Crippen molar-refractivity contribution in [2.24, 2.45) is 5.92 Å². The molecule has 0 aromatic rings. The molecule has 10 heteroatoms. The molecule has 0 bridgehead atoms. The first-order valence-electron chi connectivity index (χ1n) is 7.73. The van der Waals surface area contributed by atoms with Crippen LogP contribution in [-0.4, -0.2) is 98.2 Å². The van der Waals surface area contributed by atoms with E-state index in [0.29, 0.717) is 0 Å². The molecule has 1 aliphatic carbocycles. The Balaban J connectivity index is 1.52. The number of rotatable bonds is 3. The minimum atomic E-state index is -1.59. The maximum Gasteiger partial charge on any atom is 0.210 e. The molecule has 4 rings (SSSR count). The summed E-state index contributed by atoms with van der Waals surface area (Å²) >= 11 is 0. The summed E-state index contributed by atoms with van der Waals surface area (Å²) in [5.41, 5.74) is -1.59. The van der Waals surface area contributed by atoms with Crippen molar-refractivity contribution in [1.82, 2.24) is 0 Å². The summed E-state index contributed by atoms with van der Waals surface area (Å²) in [6.07, 6.45) is -7.94. The number of ether oxygens (including phenoxy) is 4. The highest BCUT2D eigenvalue weighted by atomic mass is 16.8. The Morgan fingerprint density at radius 3 is 2.42 bits per heavy atom. The highest BCUT2D eigenvalue weighted by Crippen LogP contribution is 2.53. The topological polar surface area (TPSA) is 162 Å². The Bertz CT molecular complexity index is 526. The van der Waals surface area contributed by atoms with E-state index in [1.54, 1.807) is 0 Å². The van der Waals surface area contributed by atoms with Crippen molar-refractivity contribution in [3.05, 3.63) is 12.3 Å². The second kappa shape index (κ2) is 5.59. The maximum absolute atomic E-state index is 10.6. The zero-order valence-corrected chi connectivity index (χ0v) is 12.5. The number of aliphatic hydroxyl groups excluding tert-OH is 5. The molecular formula is C14H20O10. The first-order chi connectivity index (χ1) is 11.4. The van der Waals surface area contributed by atoms with Gasteiger partial charge in [0.05, 0.1) is 24.9 Å². The molecule has 0 aromatic carbocycles. The largest absolute Gasteiger partial charge is 0.472 e. The predicted octanol–water partition coefficient (Wildman–Crippen LogP) is -3.84. The highest BCUT2D eigenvalue weighted by Gasteiger charge is 2.72. The van der Waals surface area contributed by atoms with Crippen LogP contribution in [0.15, 0.2) is 12.3 Å². The summed E-state index contributed by atoms with van der Waals surface area (Å²) in [6, 6.07) is 0. The van der Waals surface area contributed by atoms with Crippen molar-refractivity contribution in [2.75, 3.05) is 6.61 Å². The van der Waals surface area contributed by atoms with Gasteiger partial charge in [-0.3, -0.25) is 0 Å². The molecule has 2 saturated heterocycles. The molecule has 0 amide bonds. The number of aliphatic hydroxyl groups is 6. The van der Waals surface area contributed by atoms with Gasteiger partial charge in [-0.05, 0) is 6.08 Å². The SMILES string of the molecule is OC[C@H]1O[C@@H](O[C@@H]2OC=C[C@]3(O)[C@@H]2[C@H]2O[C@H]2[C@H]3O)[C@H](O)[C@@H](O)[C@@H]1O. The molecule has 24 heavy (non-hydrogen) atoms. The fourth-order valence-electron chi connectivity index (χ4n) is 3.72. The normalized spacial score (nSPS) is 58.8. The van der Waals surface area contributed by atoms with Crippen LogP contribution in [-0.2, 0) is 18.9 Å². The highest BCUT2D eigenvalue weighted by molar-refractivity contribution is 5.25. The molecule has 3 heterocycles. The molecule has 4 aliphatic rings. The van der Waals surface area contributed by atoms with Crippen LogP contribution in [0.25, 0.3) is 0 Å². The average Bonchev–Trinajstić information content (AvgIpc) is 3.30. The molecular weight excluding hydrogens is 328 g/mol. The summed E-state index contributed by atoms with van der Waals surface area (Å²) in [4.78, 5) is 0. The van der Waals surface area contributed by atoms with Gasteiger partial charge >= 0.3 is 0 Å². The van der Waals surface area contributed by atoms with Crippen LogP contribution in [0.5, 0.6) is 0 Å². The third-order valence-electron chi connectivity index (χ3n) is 5.19. The van der Waals surface area contributed by atoms with Gasteiger partial charge in [0, 0.05) is 0 Å². The van der Waals surface area contributed by atoms with E-state index >= 15 is 0 Å². The van der Waals surface area contributed by atoms with Crippen LogP contribution in [0, 0.1) is 5.92 Å². The molecule has 6 N–H and O–H groups in total. The van der Waals surface area contributed by atoms with E-state index in [1.165, 1.54) is 12.3 Å². The number of hydrogen-bond acceptors (Lipinski definition) is 10. The van der Waals surface area contributed by atoms with E-state index in [4.69, 9.17) is 18.9 Å². The Morgan fingerprint density at radius 2 is 1.71 bits per heavy atom. The van der Waals surface area contributed by atoms with Gasteiger partial charge in [-0.1, -0.05) is 0 Å². The second-order valence-electron chi connectivity index (χ2n) is 6.56. The van der Waals surface area contributed by atoms with Crippen LogP contribution in [0.4, 0.5) is 0 Å². The Kier molecular flexibility index (Phi) is 3.88. The van der Waals surface area contributed by atoms with Gasteiger partial charge in [0.1, 0.15) is 42.2 Å². The molecule has 0 unspecified atom stereocenters. The minimum absolute atomic E-state index is 0.468. The lowest BCUT2D eigenvalue weighted by atomic mass is 9.86. The zero-order chi connectivity index (χ0) is 17.2. The third kappa shape index (κ3) is 2.23. The van der Waals surface area contributed by atoms with E-state index in [2.05, 4.69) is 0 Å². The molecule has 11 atom stereocenters. The molecule has 0 spiro atoms. The van der Waals surface area contributed by atoms with E-state index in [9.17, 15) is 30.6 Å². The predicted molar refractivity (Wildman–Crippen MR) is 72.0 cm³/mol. The van der Waals surface area contributed by atoms with Crippen LogP contribution in [0.3, 0.4) is 0 Å². The van der Waals surface area contributed by atoms with Gasteiger partial charge in [0.2, 0.25) is 6.29 Å². The zero-order valence-electron chi connectivity index (χ0n) is 12.5. The summed E-state index contributed by atoms with van der Waals surface area (Å²) < 4.78 is 21.4. The van der Waals surface area contributed by atoms with Gasteiger partial charge in [0.15, 0.2) is 6.29 Å². The Hall–Kier alpha value is -0.820. The van der Waals surface area contributed by atoms with Crippen LogP contribution < -0.4 is 0 Å². The lowest BCUT2D eigenvalue weighted by Gasteiger charge is -2.44. The molecule has 136 valence electrons. The van der Waals surface area contributed by atoms with Crippen LogP contribution >= 0.6 is 0 Å². The molecule has 3 aliphatic heterocycles. The maximum atomic E-state index is 10.6. The second-order valence-corrected chi connectivity index (χ2v) is 6.56. The van der Waals surface area contributed by atoms with Crippen LogP contribution in [0.1, 0.15) is 0 Å². The summed E-state index contributed by atoms with van der Waals surface area (Å²) in [7, 11) is 0. The summed E-state index contributed by atoms with van der Waals surface area (Å²) in [6.45, 7) is -0.587. The van der Waals surface area contributed by atoms with E-state index in [1.807, 2.05) is 0 Å². The quantitative estimate of drug-likeness (QED) is 0.279. The smallest absolute Gasteiger partial charge is 0.210 e. The van der Waals surface area contributed by atoms with Crippen molar-refractivity contribution in [2.45, 2.75) is 60.9 Å². The van der Waals surface area contributed by atoms with Gasteiger partial charge < -0.3 is 49.6 Å². The van der Waals surface area contributed by atoms with Gasteiger partial charge in [0.25, 0.3) is 0 Å². The minimum Gasteiger partial charge on any atom is -0.472 e. The van der Waals surface area contributed by atoms with E-state index in [-0.39, 0.29) is 0 Å². The van der Waals surface area contributed by atoms with Crippen molar-refractivity contribution < 1.29 is 49.6 Å². The standard InChI is InChI=1S/C14H20O10/c15-3-4-6(16)7(17)8(18)13(22-4)24-12-5-9-10(23-9)11(19)14(5,20)1-2-21-12/h1-2,4-13,15-20H,3H2/t4-,5-,6-,7+,8-,9-,10-,11-,12+,13+,14+/m1/s1. The van der Waals surface area contributed by atoms with Crippen molar-refractivity contribution >= 4 is 0 Å². The first-order valence-corrected chi connectivity index (χ1v) is 7.73. The average molecular weight is 348 g/mol. The molecule has 10 nitrogen and oxygen atoms in total.